The molecule has 25 heavy (non-hydrogen) atoms. The third-order valence-electron chi connectivity index (χ3n) is 3.85. The summed E-state index contributed by atoms with van der Waals surface area (Å²) in [7, 11) is -2.15. The van der Waals surface area contributed by atoms with Crippen LogP contribution in [0.2, 0.25) is 5.02 Å². The Balaban J connectivity index is 2.04. The number of nitrogens with zero attached hydrogens (tertiary/aromatic N) is 1. The highest BCUT2D eigenvalue weighted by Crippen LogP contribution is 2.28. The summed E-state index contributed by atoms with van der Waals surface area (Å²) in [4.78, 5) is 2.26. The van der Waals surface area contributed by atoms with Gasteiger partial charge in [0.05, 0.1) is 6.61 Å². The lowest BCUT2D eigenvalue weighted by molar-refractivity contribution is 0.0901. The minimum absolute atomic E-state index is 0.0447. The van der Waals surface area contributed by atoms with Gasteiger partial charge in [0, 0.05) is 51.4 Å². The third-order valence-corrected chi connectivity index (χ3v) is 5.57. The van der Waals surface area contributed by atoms with Crippen molar-refractivity contribution in [3.63, 3.8) is 0 Å². The Hall–Kier alpha value is -0.900. The molecule has 1 heterocycles. The second-order valence-electron chi connectivity index (χ2n) is 5.96. The first-order valence-corrected chi connectivity index (χ1v) is 10.2. The van der Waals surface area contributed by atoms with E-state index < -0.39 is 10.0 Å². The van der Waals surface area contributed by atoms with Crippen molar-refractivity contribution in [2.24, 2.45) is 0 Å². The van der Waals surface area contributed by atoms with Gasteiger partial charge in [0.15, 0.2) is 0 Å². The number of piperazine rings is 1. The summed E-state index contributed by atoms with van der Waals surface area (Å²) in [6.45, 7) is 6.86. The van der Waals surface area contributed by atoms with Crippen molar-refractivity contribution in [1.82, 2.24) is 14.9 Å². The van der Waals surface area contributed by atoms with Crippen LogP contribution in [0, 0.1) is 0 Å². The maximum Gasteiger partial charge on any atom is 0.244 e. The Kier molecular flexibility index (Phi) is 7.92. The first-order valence-electron chi connectivity index (χ1n) is 8.30. The molecule has 2 rings (SSSR count). The van der Waals surface area contributed by atoms with E-state index in [4.69, 9.17) is 21.1 Å². The first-order chi connectivity index (χ1) is 11.9. The zero-order valence-corrected chi connectivity index (χ0v) is 16.2. The molecule has 0 aromatic heterocycles. The number of hydrogen-bond donors (Lipinski definition) is 2. The van der Waals surface area contributed by atoms with Gasteiger partial charge in [-0.05, 0) is 25.1 Å². The van der Waals surface area contributed by atoms with Gasteiger partial charge in [-0.15, -0.1) is 0 Å². The summed E-state index contributed by atoms with van der Waals surface area (Å²) < 4.78 is 38.7. The topological polar surface area (TPSA) is 79.9 Å². The van der Waals surface area contributed by atoms with Crippen LogP contribution in [0.3, 0.4) is 0 Å². The van der Waals surface area contributed by atoms with Crippen LogP contribution < -0.4 is 14.8 Å². The van der Waals surface area contributed by atoms with Crippen molar-refractivity contribution in [3.05, 3.63) is 23.2 Å². The quantitative estimate of drug-likeness (QED) is 0.652. The molecule has 9 heteroatoms. The molecule has 1 saturated heterocycles. The summed E-state index contributed by atoms with van der Waals surface area (Å²) in [6, 6.07) is 4.58. The summed E-state index contributed by atoms with van der Waals surface area (Å²) in [5.41, 5.74) is 0. The molecule has 0 amide bonds. The molecule has 1 atom stereocenters. The highest BCUT2D eigenvalue weighted by molar-refractivity contribution is 7.89. The van der Waals surface area contributed by atoms with Crippen molar-refractivity contribution in [1.29, 1.82) is 0 Å². The van der Waals surface area contributed by atoms with Crippen LogP contribution in [-0.2, 0) is 14.8 Å². The highest BCUT2D eigenvalue weighted by atomic mass is 35.5. The highest BCUT2D eigenvalue weighted by Gasteiger charge is 2.22. The van der Waals surface area contributed by atoms with Crippen LogP contribution in [0.15, 0.2) is 23.1 Å². The lowest BCUT2D eigenvalue weighted by Gasteiger charge is -2.27. The minimum atomic E-state index is -3.72. The number of nitrogens with one attached hydrogen (secondary N) is 2. The van der Waals surface area contributed by atoms with Gasteiger partial charge in [0.2, 0.25) is 10.0 Å². The van der Waals surface area contributed by atoms with Gasteiger partial charge >= 0.3 is 0 Å². The molecule has 1 fully saturated rings. The Bertz CT molecular complexity index is 651. The van der Waals surface area contributed by atoms with Crippen molar-refractivity contribution >= 4 is 21.6 Å². The molecule has 1 aliphatic heterocycles. The van der Waals surface area contributed by atoms with E-state index in [1.807, 2.05) is 6.92 Å². The fourth-order valence-corrected chi connectivity index (χ4v) is 4.04. The van der Waals surface area contributed by atoms with Crippen molar-refractivity contribution in [2.75, 3.05) is 53.0 Å². The maximum atomic E-state index is 12.7. The molecule has 0 aliphatic carbocycles. The maximum absolute atomic E-state index is 12.7. The van der Waals surface area contributed by atoms with E-state index in [-0.39, 0.29) is 16.7 Å². The van der Waals surface area contributed by atoms with Crippen molar-refractivity contribution in [3.8, 4) is 5.75 Å². The summed E-state index contributed by atoms with van der Waals surface area (Å²) in [5, 5.41) is 3.61. The van der Waals surface area contributed by atoms with Crippen LogP contribution in [-0.4, -0.2) is 72.4 Å². The molecule has 1 aromatic rings. The molecule has 2 N–H and O–H groups in total. The number of ether oxygens (including phenoxy) is 2. The summed E-state index contributed by atoms with van der Waals surface area (Å²) in [5.74, 6) is 0.267. The van der Waals surface area contributed by atoms with Crippen molar-refractivity contribution in [2.45, 2.75) is 17.9 Å². The van der Waals surface area contributed by atoms with Gasteiger partial charge in [-0.1, -0.05) is 11.6 Å². The third kappa shape index (κ3) is 6.40. The van der Waals surface area contributed by atoms with E-state index >= 15 is 0 Å². The largest absolute Gasteiger partial charge is 0.487 e. The molecule has 1 aliphatic rings. The molecule has 142 valence electrons. The number of rotatable bonds is 9. The van der Waals surface area contributed by atoms with E-state index in [9.17, 15) is 8.42 Å². The molecular formula is C16H26ClN3O4S. The number of methoxy groups -OCH3 is 1. The normalized spacial score (nSPS) is 17.4. The molecule has 0 spiro atoms. The zero-order chi connectivity index (χ0) is 18.3. The van der Waals surface area contributed by atoms with E-state index in [0.29, 0.717) is 24.7 Å². The van der Waals surface area contributed by atoms with E-state index in [2.05, 4.69) is 14.9 Å². The number of sulfonamides is 1. The molecule has 0 bridgehead atoms. The number of hydrogen-bond acceptors (Lipinski definition) is 6. The Morgan fingerprint density at radius 3 is 2.76 bits per heavy atom. The van der Waals surface area contributed by atoms with Gasteiger partial charge in [0.1, 0.15) is 16.7 Å². The number of halogens is 1. The van der Waals surface area contributed by atoms with Crippen LogP contribution in [0.4, 0.5) is 0 Å². The van der Waals surface area contributed by atoms with Gasteiger partial charge in [-0.25, -0.2) is 13.1 Å². The average Bonchev–Trinajstić information content (AvgIpc) is 2.57. The van der Waals surface area contributed by atoms with Gasteiger partial charge in [-0.2, -0.15) is 0 Å². The molecule has 0 radical (unpaired) electrons. The monoisotopic (exact) mass is 391 g/mol. The van der Waals surface area contributed by atoms with Crippen LogP contribution in [0.25, 0.3) is 0 Å². The van der Waals surface area contributed by atoms with E-state index in [1.54, 1.807) is 19.2 Å². The van der Waals surface area contributed by atoms with Gasteiger partial charge in [-0.3, -0.25) is 4.90 Å². The van der Waals surface area contributed by atoms with Crippen LogP contribution >= 0.6 is 11.6 Å². The minimum Gasteiger partial charge on any atom is -0.487 e. The molecule has 1 aromatic carbocycles. The van der Waals surface area contributed by atoms with Crippen LogP contribution in [0.1, 0.15) is 6.92 Å². The van der Waals surface area contributed by atoms with E-state index in [0.717, 1.165) is 26.2 Å². The molecule has 0 saturated carbocycles. The van der Waals surface area contributed by atoms with Crippen LogP contribution in [0.5, 0.6) is 5.75 Å². The SMILES string of the molecule is COCC(C)Oc1ccc(Cl)cc1S(=O)(=O)NCCN1CCNCC1. The second kappa shape index (κ2) is 9.70. The summed E-state index contributed by atoms with van der Waals surface area (Å²) in [6.07, 6.45) is -0.277. The van der Waals surface area contributed by atoms with Gasteiger partial charge < -0.3 is 14.8 Å². The lowest BCUT2D eigenvalue weighted by Crippen LogP contribution is -2.46. The van der Waals surface area contributed by atoms with Crippen molar-refractivity contribution < 1.29 is 17.9 Å². The molecule has 1 unspecified atom stereocenters. The summed E-state index contributed by atoms with van der Waals surface area (Å²) >= 11 is 5.99. The first kappa shape index (κ1) is 20.4. The number of benzene rings is 1. The van der Waals surface area contributed by atoms with E-state index in [1.165, 1.54) is 6.07 Å². The van der Waals surface area contributed by atoms with Gasteiger partial charge in [0.25, 0.3) is 0 Å². The second-order valence-corrected chi connectivity index (χ2v) is 8.14. The standard InChI is InChI=1S/C16H26ClN3O4S/c1-13(12-23-2)24-15-4-3-14(17)11-16(15)25(21,22)19-7-10-20-8-5-18-6-9-20/h3-4,11,13,18-19H,5-10,12H2,1-2H3. The Labute approximate surface area is 154 Å². The fraction of sp³-hybridized carbons (Fsp3) is 0.625. The zero-order valence-electron chi connectivity index (χ0n) is 14.6. The fourth-order valence-electron chi connectivity index (χ4n) is 2.63. The Morgan fingerprint density at radius 2 is 2.08 bits per heavy atom. The molecule has 7 nitrogen and oxygen atoms in total. The lowest BCUT2D eigenvalue weighted by atomic mass is 10.3. The Morgan fingerprint density at radius 1 is 1.36 bits per heavy atom. The molecular weight excluding hydrogens is 366 g/mol. The average molecular weight is 392 g/mol. The smallest absolute Gasteiger partial charge is 0.244 e. The predicted molar refractivity (Wildman–Crippen MR) is 97.9 cm³/mol. The predicted octanol–water partition coefficient (Wildman–Crippen LogP) is 0.937.